The number of benzene rings is 2. The third-order valence-electron chi connectivity index (χ3n) is 3.75. The quantitative estimate of drug-likeness (QED) is 0.772. The molecule has 0 atom stereocenters. The van der Waals surface area contributed by atoms with E-state index in [2.05, 4.69) is 16.7 Å². The van der Waals surface area contributed by atoms with E-state index < -0.39 is 0 Å². The fraction of sp³-hybridized carbons (Fsp3) is 0.316. The lowest BCUT2D eigenvalue weighted by atomic mass is 10.1. The number of rotatable bonds is 6. The van der Waals surface area contributed by atoms with Crippen molar-refractivity contribution in [1.82, 2.24) is 5.32 Å². The van der Waals surface area contributed by atoms with Crippen LogP contribution >= 0.6 is 12.2 Å². The summed E-state index contributed by atoms with van der Waals surface area (Å²) in [6.07, 6.45) is 0.832. The van der Waals surface area contributed by atoms with Crippen molar-refractivity contribution in [3.63, 3.8) is 0 Å². The molecule has 0 spiro atoms. The van der Waals surface area contributed by atoms with Crippen LogP contribution in [0.25, 0.3) is 0 Å². The summed E-state index contributed by atoms with van der Waals surface area (Å²) in [5.74, 6) is 2.44. The molecule has 0 amide bonds. The van der Waals surface area contributed by atoms with Crippen LogP contribution in [0.2, 0.25) is 0 Å². The molecule has 1 aliphatic rings. The molecule has 0 unspecified atom stereocenters. The summed E-state index contributed by atoms with van der Waals surface area (Å²) in [7, 11) is 0. The van der Waals surface area contributed by atoms with Gasteiger partial charge in [0.05, 0.1) is 6.61 Å². The standard InChI is InChI=1S/C19H22N2O3S/c1-2-22-16-6-4-3-5-14(16)9-10-20-19(25)21-15-7-8-17-18(13-15)24-12-11-23-17/h3-8,13H,2,9-12H2,1H3,(H2,20,21,25). The Bertz CT molecular complexity index is 736. The number of ether oxygens (including phenoxy) is 3. The normalized spacial score (nSPS) is 12.4. The Balaban J connectivity index is 1.50. The van der Waals surface area contributed by atoms with E-state index in [1.807, 2.05) is 43.3 Å². The van der Waals surface area contributed by atoms with Gasteiger partial charge in [0.2, 0.25) is 0 Å². The summed E-state index contributed by atoms with van der Waals surface area (Å²) < 4.78 is 16.7. The molecular formula is C19H22N2O3S. The van der Waals surface area contributed by atoms with Crippen LogP contribution in [0.4, 0.5) is 5.69 Å². The molecular weight excluding hydrogens is 336 g/mol. The number of thiocarbonyl (C=S) groups is 1. The van der Waals surface area contributed by atoms with Crippen LogP contribution < -0.4 is 24.8 Å². The molecule has 6 heteroatoms. The van der Waals surface area contributed by atoms with E-state index >= 15 is 0 Å². The van der Waals surface area contributed by atoms with Crippen molar-refractivity contribution < 1.29 is 14.2 Å². The minimum atomic E-state index is 0.568. The first-order valence-electron chi connectivity index (χ1n) is 8.41. The SMILES string of the molecule is CCOc1ccccc1CCNC(=S)Nc1ccc2c(c1)OCCO2. The number of nitrogens with one attached hydrogen (secondary N) is 2. The zero-order valence-electron chi connectivity index (χ0n) is 14.2. The minimum Gasteiger partial charge on any atom is -0.494 e. The molecule has 2 N–H and O–H groups in total. The molecule has 5 nitrogen and oxygen atoms in total. The van der Waals surface area contributed by atoms with Gasteiger partial charge < -0.3 is 24.8 Å². The predicted octanol–water partition coefficient (Wildman–Crippen LogP) is 3.39. The molecule has 0 saturated heterocycles. The molecule has 0 radical (unpaired) electrons. The van der Waals surface area contributed by atoms with Crippen LogP contribution in [0.5, 0.6) is 17.2 Å². The maximum absolute atomic E-state index is 5.64. The second-order valence-electron chi connectivity index (χ2n) is 5.53. The van der Waals surface area contributed by atoms with E-state index in [0.29, 0.717) is 24.9 Å². The maximum atomic E-state index is 5.64. The number of hydrogen-bond acceptors (Lipinski definition) is 4. The van der Waals surface area contributed by atoms with E-state index in [0.717, 1.165) is 35.9 Å². The highest BCUT2D eigenvalue weighted by atomic mass is 32.1. The second-order valence-corrected chi connectivity index (χ2v) is 5.94. The molecule has 0 bridgehead atoms. The fourth-order valence-corrected chi connectivity index (χ4v) is 2.83. The van der Waals surface area contributed by atoms with Gasteiger partial charge in [-0.15, -0.1) is 0 Å². The van der Waals surface area contributed by atoms with E-state index in [1.54, 1.807) is 0 Å². The van der Waals surface area contributed by atoms with E-state index in [1.165, 1.54) is 5.56 Å². The molecule has 0 aliphatic carbocycles. The zero-order chi connectivity index (χ0) is 17.5. The Morgan fingerprint density at radius 2 is 1.92 bits per heavy atom. The Kier molecular flexibility index (Phi) is 5.95. The van der Waals surface area contributed by atoms with Gasteiger partial charge in [0, 0.05) is 18.3 Å². The Hall–Kier alpha value is -2.47. The summed E-state index contributed by atoms with van der Waals surface area (Å²) in [5.41, 5.74) is 2.04. The summed E-state index contributed by atoms with van der Waals surface area (Å²) in [6.45, 7) is 4.53. The first-order valence-corrected chi connectivity index (χ1v) is 8.82. The molecule has 1 heterocycles. The van der Waals surface area contributed by atoms with Crippen molar-refractivity contribution in [2.45, 2.75) is 13.3 Å². The van der Waals surface area contributed by atoms with Crippen LogP contribution in [0.1, 0.15) is 12.5 Å². The number of fused-ring (bicyclic) bond motifs is 1. The van der Waals surface area contributed by atoms with Gasteiger partial charge in [-0.3, -0.25) is 0 Å². The maximum Gasteiger partial charge on any atom is 0.170 e. The van der Waals surface area contributed by atoms with Crippen LogP contribution in [0.15, 0.2) is 42.5 Å². The number of para-hydroxylation sites is 1. The van der Waals surface area contributed by atoms with Gasteiger partial charge in [-0.1, -0.05) is 18.2 Å². The average Bonchev–Trinajstić information content (AvgIpc) is 2.63. The van der Waals surface area contributed by atoms with Gasteiger partial charge in [0.15, 0.2) is 16.6 Å². The lowest BCUT2D eigenvalue weighted by Crippen LogP contribution is -2.30. The van der Waals surface area contributed by atoms with Crippen LogP contribution in [0, 0.1) is 0 Å². The second kappa shape index (κ2) is 8.58. The van der Waals surface area contributed by atoms with Crippen molar-refractivity contribution >= 4 is 23.0 Å². The Labute approximate surface area is 153 Å². The molecule has 0 fully saturated rings. The lowest BCUT2D eigenvalue weighted by molar-refractivity contribution is 0.171. The van der Waals surface area contributed by atoms with E-state index in [-0.39, 0.29) is 0 Å². The molecule has 25 heavy (non-hydrogen) atoms. The fourth-order valence-electron chi connectivity index (χ4n) is 2.61. The van der Waals surface area contributed by atoms with Gasteiger partial charge in [0.1, 0.15) is 19.0 Å². The van der Waals surface area contributed by atoms with Crippen LogP contribution in [-0.4, -0.2) is 31.5 Å². The van der Waals surface area contributed by atoms with Crippen molar-refractivity contribution in [2.24, 2.45) is 0 Å². The van der Waals surface area contributed by atoms with Crippen LogP contribution in [-0.2, 0) is 6.42 Å². The molecule has 0 aromatic heterocycles. The topological polar surface area (TPSA) is 51.8 Å². The predicted molar refractivity (Wildman–Crippen MR) is 103 cm³/mol. The smallest absolute Gasteiger partial charge is 0.170 e. The summed E-state index contributed by atoms with van der Waals surface area (Å²) in [4.78, 5) is 0. The number of hydrogen-bond donors (Lipinski definition) is 2. The van der Waals surface area contributed by atoms with Crippen molar-refractivity contribution in [3.05, 3.63) is 48.0 Å². The highest BCUT2D eigenvalue weighted by Crippen LogP contribution is 2.32. The molecule has 2 aromatic rings. The largest absolute Gasteiger partial charge is 0.494 e. The van der Waals surface area contributed by atoms with Gasteiger partial charge >= 0.3 is 0 Å². The molecule has 1 aliphatic heterocycles. The third kappa shape index (κ3) is 4.76. The van der Waals surface area contributed by atoms with E-state index in [9.17, 15) is 0 Å². The van der Waals surface area contributed by atoms with Crippen molar-refractivity contribution in [2.75, 3.05) is 31.7 Å². The van der Waals surface area contributed by atoms with Gasteiger partial charge in [-0.25, -0.2) is 0 Å². The zero-order valence-corrected chi connectivity index (χ0v) is 15.0. The van der Waals surface area contributed by atoms with Crippen molar-refractivity contribution in [3.8, 4) is 17.2 Å². The average molecular weight is 358 g/mol. The Morgan fingerprint density at radius 1 is 1.12 bits per heavy atom. The summed E-state index contributed by atoms with van der Waals surface area (Å²) >= 11 is 5.36. The highest BCUT2D eigenvalue weighted by Gasteiger charge is 2.12. The number of anilines is 1. The monoisotopic (exact) mass is 358 g/mol. The highest BCUT2D eigenvalue weighted by molar-refractivity contribution is 7.80. The van der Waals surface area contributed by atoms with Crippen LogP contribution in [0.3, 0.4) is 0 Å². The molecule has 2 aromatic carbocycles. The first kappa shape index (κ1) is 17.4. The molecule has 132 valence electrons. The molecule has 3 rings (SSSR count). The lowest BCUT2D eigenvalue weighted by Gasteiger charge is -2.19. The summed E-state index contributed by atoms with van der Waals surface area (Å²) in [5, 5.41) is 6.97. The summed E-state index contributed by atoms with van der Waals surface area (Å²) in [6, 6.07) is 13.8. The van der Waals surface area contributed by atoms with Gasteiger partial charge in [-0.2, -0.15) is 0 Å². The third-order valence-corrected chi connectivity index (χ3v) is 4.00. The van der Waals surface area contributed by atoms with Crippen molar-refractivity contribution in [1.29, 1.82) is 0 Å². The van der Waals surface area contributed by atoms with Gasteiger partial charge in [0.25, 0.3) is 0 Å². The first-order chi connectivity index (χ1) is 12.3. The Morgan fingerprint density at radius 3 is 2.76 bits per heavy atom. The molecule has 0 saturated carbocycles. The van der Waals surface area contributed by atoms with E-state index in [4.69, 9.17) is 26.4 Å². The minimum absolute atomic E-state index is 0.568. The van der Waals surface area contributed by atoms with Gasteiger partial charge in [-0.05, 0) is 49.3 Å².